The van der Waals surface area contributed by atoms with Crippen LogP contribution in [0.15, 0.2) is 257 Å². The summed E-state index contributed by atoms with van der Waals surface area (Å²) in [6.07, 6.45) is 15.5. The molecule has 0 radical (unpaired) electrons. The molecule has 11 heterocycles. The van der Waals surface area contributed by atoms with Gasteiger partial charge in [-0.25, -0.2) is 34.9 Å². The number of carbonyl (C=O) groups excluding carboxylic acids is 3. The number of hydrogen-bond donors (Lipinski definition) is 3. The zero-order valence-corrected chi connectivity index (χ0v) is 66.2. The molecule has 3 N–H and O–H groups in total. The Morgan fingerprint density at radius 1 is 0.410 bits per heavy atom. The molecule has 22 nitrogen and oxygen atoms in total. The Bertz CT molecular complexity index is 6520. The van der Waals surface area contributed by atoms with Crippen LogP contribution in [0.3, 0.4) is 0 Å². The number of Topliss-reactive ketones (excluding diaryl/α,β-unsaturated/α-hetero) is 3. The number of benzene rings is 6. The fraction of sp³-hybridized carbons (Fsp3) is 0.176. The van der Waals surface area contributed by atoms with E-state index < -0.39 is 46.8 Å². The van der Waals surface area contributed by atoms with Crippen LogP contribution < -0.4 is 16.0 Å². The Hall–Kier alpha value is -14.5. The van der Waals surface area contributed by atoms with Crippen LogP contribution in [0, 0.1) is 27.7 Å². The van der Waals surface area contributed by atoms with Crippen molar-refractivity contribution in [3.63, 3.8) is 0 Å². The van der Waals surface area contributed by atoms with Crippen LogP contribution in [0.2, 0.25) is 0 Å². The first-order chi connectivity index (χ1) is 58.5. The summed E-state index contributed by atoms with van der Waals surface area (Å²) in [5.41, 5.74) is 11.8. The molecule has 0 unspecified atom stereocenters. The second-order valence-electron chi connectivity index (χ2n) is 29.5. The van der Waals surface area contributed by atoms with Gasteiger partial charge in [0, 0.05) is 207 Å². The lowest BCUT2D eigenvalue weighted by atomic mass is 9.96. The summed E-state index contributed by atoms with van der Waals surface area (Å²) in [4.78, 5) is 87.8. The average Bonchev–Trinajstić information content (AvgIpc) is 1.51. The number of hydrogen-bond acceptors (Lipinski definition) is 18. The van der Waals surface area contributed by atoms with Crippen molar-refractivity contribution >= 4 is 68.8 Å². The minimum Gasteiger partial charge on any atom is -0.337 e. The van der Waals surface area contributed by atoms with Gasteiger partial charge >= 0.3 is 18.5 Å². The minimum atomic E-state index is -4.61. The fourth-order valence-electron chi connectivity index (χ4n) is 13.9. The molecule has 10 aromatic heterocycles. The number of rotatable bonds is 21. The summed E-state index contributed by atoms with van der Waals surface area (Å²) in [5.74, 6) is 0.318. The van der Waals surface area contributed by atoms with Crippen LogP contribution in [0.4, 0.5) is 74.0 Å². The molecule has 0 saturated carbocycles. The van der Waals surface area contributed by atoms with E-state index in [0.717, 1.165) is 82.5 Å². The number of aryl methyl sites for hydroxylation is 4. The third-order valence-corrected chi connectivity index (χ3v) is 20.6. The van der Waals surface area contributed by atoms with E-state index in [1.807, 2.05) is 150 Å². The predicted octanol–water partition coefficient (Wildman–Crippen LogP) is 19.1. The number of nitrogens with zero attached hydrogens (tertiary/aromatic N) is 16. The zero-order chi connectivity index (χ0) is 85.6. The number of alkyl halides is 9. The van der Waals surface area contributed by atoms with Gasteiger partial charge in [-0.1, -0.05) is 60.7 Å². The number of imidazole rings is 4. The summed E-state index contributed by atoms with van der Waals surface area (Å²) >= 11 is 0. The number of carbonyl (C=O) groups is 3. The molecule has 1 aliphatic heterocycles. The molecule has 0 bridgehead atoms. The van der Waals surface area contributed by atoms with Gasteiger partial charge in [0.25, 0.3) is 0 Å². The second kappa shape index (κ2) is 35.2. The minimum absolute atomic E-state index is 0.0184. The molecule has 1 aliphatic rings. The van der Waals surface area contributed by atoms with Crippen LogP contribution in [0.25, 0.3) is 56.4 Å². The lowest BCUT2D eigenvalue weighted by molar-refractivity contribution is -0.139. The normalized spacial score (nSPS) is 12.7. The van der Waals surface area contributed by atoms with Crippen LogP contribution in [-0.2, 0) is 44.3 Å². The molecule has 1 fully saturated rings. The molecule has 1 saturated heterocycles. The first-order valence-corrected chi connectivity index (χ1v) is 38.5. The van der Waals surface area contributed by atoms with Gasteiger partial charge in [0.15, 0.2) is 51.7 Å². The molecule has 0 atom stereocenters. The van der Waals surface area contributed by atoms with E-state index in [2.05, 4.69) is 55.7 Å². The van der Waals surface area contributed by atoms with Crippen molar-refractivity contribution < 1.29 is 53.9 Å². The number of nitrogens with one attached hydrogen (secondary N) is 3. The number of ketones is 3. The molecule has 16 aromatic rings. The van der Waals surface area contributed by atoms with Crippen molar-refractivity contribution in [3.8, 4) is 39.5 Å². The van der Waals surface area contributed by atoms with Crippen LogP contribution in [0.5, 0.6) is 0 Å². The van der Waals surface area contributed by atoms with Crippen molar-refractivity contribution in [2.45, 2.75) is 72.0 Å². The van der Waals surface area contributed by atoms with Gasteiger partial charge in [0.05, 0.1) is 45.8 Å². The summed E-state index contributed by atoms with van der Waals surface area (Å²) in [7, 11) is 2.00. The van der Waals surface area contributed by atoms with Gasteiger partial charge in [0.1, 0.15) is 0 Å². The SMILES string of the molecule is Cc1ccc(CC(=O)c2ccc(CN3CCN(C)CC3)c(C(F)(F)F)c2)cc1Nc1nc(-c2cccnc2)cn2ccnc12.Cc1ccc(CC(=O)c2cccc(C(F)(F)F)c2)cc1Nc1nc(-c2cccnc2)cn2ccnc12.Cc1cn(-c2cc(C(=O)Cc3ccc(C)c(Nc4nc(-c5cccnc5)cn5ccnc45)c3)cc(C(F)(F)F)c2)cn1. The lowest BCUT2D eigenvalue weighted by Gasteiger charge is -2.33. The van der Waals surface area contributed by atoms with E-state index in [9.17, 15) is 53.9 Å². The molecule has 0 aliphatic carbocycles. The average molecular weight is 1650 g/mol. The number of likely N-dealkylation sites (N-methyl/N-ethyl adjacent to an activating group) is 1. The molecule has 122 heavy (non-hydrogen) atoms. The van der Waals surface area contributed by atoms with Crippen molar-refractivity contribution in [1.29, 1.82) is 0 Å². The summed E-state index contributed by atoms with van der Waals surface area (Å²) < 4.78 is 130. The van der Waals surface area contributed by atoms with E-state index in [0.29, 0.717) is 98.3 Å². The maximum Gasteiger partial charge on any atom is 0.416 e. The van der Waals surface area contributed by atoms with E-state index in [1.54, 1.807) is 93.2 Å². The maximum absolute atomic E-state index is 14.1. The van der Waals surface area contributed by atoms with E-state index in [-0.39, 0.29) is 59.5 Å². The lowest BCUT2D eigenvalue weighted by Crippen LogP contribution is -2.44. The Morgan fingerprint density at radius 2 is 0.836 bits per heavy atom. The number of fused-ring (bicyclic) bond motifs is 3. The third kappa shape index (κ3) is 19.6. The Kier molecular flexibility index (Phi) is 23.9. The highest BCUT2D eigenvalue weighted by Gasteiger charge is 2.36. The predicted molar refractivity (Wildman–Crippen MR) is 445 cm³/mol. The van der Waals surface area contributed by atoms with Gasteiger partial charge in [-0.15, -0.1) is 0 Å². The standard InChI is InChI=1S/C33H32F3N7O.C31H24F3N7O.C27H20F3N5O/c1-22-5-6-23(16-28(22)39-31-32-38-10-11-43(32)21-29(40-31)25-4-3-9-37-19-25)17-30(44)24-7-8-26(27(18-24)33(34,35)36)20-42-14-12-41(2)13-15-42;1-19-5-6-21(11-28(42)23-12-24(31(32,33)34)14-25(13-23)41-16-20(2)37-18-41)10-26(19)38-29-30-36-8-9-40(30)17-27(39-29)22-4-3-7-35-15-22;1-17-7-8-18(13-24(36)19-4-2-6-21(14-19)27(28,29)30)12-22(17)33-25-26-32-10-11-35(26)16-23(34-25)20-5-3-9-31-15-20/h3-11,16,18-19,21H,12-15,17,20H2,1-2H3,(H,39,40);3-10,12-18H,11H2,1-2H3,(H,38,39);2-12,14-16H,13H2,1H3,(H,33,34). The van der Waals surface area contributed by atoms with E-state index in [1.165, 1.54) is 41.2 Å². The quantitative estimate of drug-likeness (QED) is 0.0447. The van der Waals surface area contributed by atoms with Crippen LogP contribution in [-0.4, -0.2) is 128 Å². The molecular formula is C91H76F9N19O3. The number of pyridine rings is 3. The smallest absolute Gasteiger partial charge is 0.337 e. The topological polar surface area (TPSA) is 241 Å². The number of piperazine rings is 1. The summed E-state index contributed by atoms with van der Waals surface area (Å²) in [6, 6.07) is 39.5. The Balaban J connectivity index is 0.000000143. The highest BCUT2D eigenvalue weighted by atomic mass is 19.4. The van der Waals surface area contributed by atoms with Gasteiger partial charge in [-0.3, -0.25) is 34.2 Å². The first kappa shape index (κ1) is 82.6. The fourth-order valence-corrected chi connectivity index (χ4v) is 13.9. The van der Waals surface area contributed by atoms with Crippen LogP contribution in [0.1, 0.15) is 92.4 Å². The van der Waals surface area contributed by atoms with E-state index >= 15 is 0 Å². The highest BCUT2D eigenvalue weighted by Crippen LogP contribution is 2.38. The Morgan fingerprint density at radius 3 is 1.24 bits per heavy atom. The third-order valence-electron chi connectivity index (χ3n) is 20.6. The van der Waals surface area contributed by atoms with Crippen molar-refractivity contribution in [2.24, 2.45) is 0 Å². The number of aromatic nitrogens is 14. The summed E-state index contributed by atoms with van der Waals surface area (Å²) in [5, 5.41) is 10.0. The number of anilines is 6. The van der Waals surface area contributed by atoms with Crippen molar-refractivity contribution in [1.82, 2.24) is 77.4 Å². The van der Waals surface area contributed by atoms with Gasteiger partial charge in [0.2, 0.25) is 0 Å². The van der Waals surface area contributed by atoms with Gasteiger partial charge in [-0.05, 0) is 165 Å². The van der Waals surface area contributed by atoms with Crippen LogP contribution >= 0.6 is 0 Å². The maximum atomic E-state index is 14.1. The second-order valence-corrected chi connectivity index (χ2v) is 29.5. The van der Waals surface area contributed by atoms with Gasteiger partial charge < -0.3 is 38.6 Å². The monoisotopic (exact) mass is 1650 g/mol. The molecule has 0 spiro atoms. The summed E-state index contributed by atoms with van der Waals surface area (Å²) in [6.45, 7) is 10.7. The largest absolute Gasteiger partial charge is 0.416 e. The molecular weight excluding hydrogens is 1580 g/mol. The van der Waals surface area contributed by atoms with E-state index in [4.69, 9.17) is 15.0 Å². The first-order valence-electron chi connectivity index (χ1n) is 38.5. The highest BCUT2D eigenvalue weighted by molar-refractivity contribution is 6.00. The molecule has 6 aromatic carbocycles. The molecule has 17 rings (SSSR count). The molecule has 31 heteroatoms. The molecule has 0 amide bonds. The van der Waals surface area contributed by atoms with Crippen molar-refractivity contribution in [2.75, 3.05) is 49.2 Å². The zero-order valence-electron chi connectivity index (χ0n) is 66.2. The van der Waals surface area contributed by atoms with Crippen molar-refractivity contribution in [3.05, 3.63) is 335 Å². The Labute approximate surface area is 692 Å². The molecule has 616 valence electrons. The number of halogens is 9. The van der Waals surface area contributed by atoms with Gasteiger partial charge in [-0.2, -0.15) is 39.5 Å².